The number of carbonyl (C=O) groups is 4. The van der Waals surface area contributed by atoms with E-state index < -0.39 is 42.9 Å². The van der Waals surface area contributed by atoms with Gasteiger partial charge in [0.2, 0.25) is 17.7 Å². The second kappa shape index (κ2) is 15.8. The summed E-state index contributed by atoms with van der Waals surface area (Å²) >= 11 is 0. The van der Waals surface area contributed by atoms with Gasteiger partial charge in [0.1, 0.15) is 23.7 Å². The number of nitrogens with one attached hydrogen (secondary N) is 4. The summed E-state index contributed by atoms with van der Waals surface area (Å²) in [5.74, 6) is -3.18. The van der Waals surface area contributed by atoms with Crippen LogP contribution in [0.1, 0.15) is 60.3 Å². The van der Waals surface area contributed by atoms with E-state index in [1.165, 1.54) is 6.92 Å². The van der Waals surface area contributed by atoms with Crippen LogP contribution < -0.4 is 21.3 Å². The molecular weight excluding hydrogens is 441 g/mol. The van der Waals surface area contributed by atoms with E-state index in [0.717, 1.165) is 0 Å². The lowest BCUT2D eigenvalue weighted by Gasteiger charge is -2.25. The van der Waals surface area contributed by atoms with Crippen LogP contribution >= 0.6 is 0 Å². The molecule has 0 fully saturated rings. The highest BCUT2D eigenvalue weighted by Crippen LogP contribution is 2.08. The Labute approximate surface area is 201 Å². The zero-order valence-electron chi connectivity index (χ0n) is 20.7. The number of hydrogen-bond donors (Lipinski definition) is 6. The first-order chi connectivity index (χ1) is 15.8. The third kappa shape index (κ3) is 12.4. The highest BCUT2D eigenvalue weighted by molar-refractivity contribution is 6.43. The van der Waals surface area contributed by atoms with Crippen LogP contribution in [-0.2, 0) is 19.2 Å². The lowest BCUT2D eigenvalue weighted by atomic mass is 9.75. The van der Waals surface area contributed by atoms with E-state index in [1.54, 1.807) is 19.9 Å². The van der Waals surface area contributed by atoms with Crippen molar-refractivity contribution >= 4 is 30.7 Å². The molecule has 4 amide bonds. The molecule has 0 aromatic rings. The highest BCUT2D eigenvalue weighted by atomic mass is 16.4. The first-order valence-corrected chi connectivity index (χ1v) is 11.4. The molecule has 0 bridgehead atoms. The maximum Gasteiger partial charge on any atom is 0.475 e. The molecule has 0 radical (unpaired) electrons. The van der Waals surface area contributed by atoms with Crippen LogP contribution in [0, 0.1) is 23.2 Å². The van der Waals surface area contributed by atoms with E-state index in [-0.39, 0.29) is 36.3 Å². The molecule has 0 unspecified atom stereocenters. The van der Waals surface area contributed by atoms with Crippen LogP contribution in [0.25, 0.3) is 0 Å². The van der Waals surface area contributed by atoms with Gasteiger partial charge in [0.05, 0.1) is 5.94 Å². The lowest BCUT2D eigenvalue weighted by Crippen LogP contribution is -2.56. The molecule has 0 rings (SSSR count). The molecule has 11 nitrogen and oxygen atoms in total. The van der Waals surface area contributed by atoms with Crippen molar-refractivity contribution in [3.05, 3.63) is 12.2 Å². The minimum atomic E-state index is -1.77. The van der Waals surface area contributed by atoms with Crippen molar-refractivity contribution in [1.29, 1.82) is 5.26 Å². The summed E-state index contributed by atoms with van der Waals surface area (Å²) in [6.45, 7) is 12.2. The van der Waals surface area contributed by atoms with Gasteiger partial charge in [0.25, 0.3) is 5.91 Å². The summed E-state index contributed by atoms with van der Waals surface area (Å²) in [4.78, 5) is 48.9. The molecule has 0 aliphatic heterocycles. The normalized spacial score (nSPS) is 13.3. The molecular formula is C22H38BN5O6. The molecule has 0 aliphatic rings. The fourth-order valence-corrected chi connectivity index (χ4v) is 2.89. The van der Waals surface area contributed by atoms with Crippen molar-refractivity contribution in [2.24, 2.45) is 11.8 Å². The summed E-state index contributed by atoms with van der Waals surface area (Å²) in [5.41, 5.74) is -0.208. The zero-order chi connectivity index (χ0) is 26.4. The van der Waals surface area contributed by atoms with Gasteiger partial charge in [0, 0.05) is 12.5 Å². The standard InChI is InChI=1S/C22H38BN5O6/c1-13(2)11-18(23(33)34)28-22(32)17(9-7-8-10-25-20(30)15(5)12-24)27-21(31)16(6)26-19(29)14(3)4/h13-14,16-18,33-34H,5,7-11H2,1-4,6H3,(H,25,30)(H,26,29)(H,27,31)(H,28,32)/t16-,17-,18-/m0/s1. The second-order valence-electron chi connectivity index (χ2n) is 8.95. The van der Waals surface area contributed by atoms with Gasteiger partial charge >= 0.3 is 7.12 Å². The minimum Gasteiger partial charge on any atom is -0.426 e. The van der Waals surface area contributed by atoms with Crippen molar-refractivity contribution in [1.82, 2.24) is 21.3 Å². The van der Waals surface area contributed by atoms with Gasteiger partial charge in [-0.3, -0.25) is 19.2 Å². The molecule has 0 saturated heterocycles. The number of rotatable bonds is 15. The van der Waals surface area contributed by atoms with Crippen molar-refractivity contribution < 1.29 is 29.2 Å². The van der Waals surface area contributed by atoms with Crippen LogP contribution in [0.5, 0.6) is 0 Å². The van der Waals surface area contributed by atoms with Crippen LogP contribution in [0.15, 0.2) is 12.2 Å². The molecule has 6 N–H and O–H groups in total. The Morgan fingerprint density at radius 2 is 1.56 bits per heavy atom. The van der Waals surface area contributed by atoms with E-state index >= 15 is 0 Å². The highest BCUT2D eigenvalue weighted by Gasteiger charge is 2.30. The van der Waals surface area contributed by atoms with E-state index in [9.17, 15) is 29.2 Å². The summed E-state index contributed by atoms with van der Waals surface area (Å²) < 4.78 is 0. The number of nitriles is 1. The number of carbonyl (C=O) groups excluding carboxylic acids is 4. The number of hydrogen-bond acceptors (Lipinski definition) is 7. The molecule has 0 aliphatic carbocycles. The van der Waals surface area contributed by atoms with Gasteiger partial charge in [-0.25, -0.2) is 0 Å². The first-order valence-electron chi connectivity index (χ1n) is 11.4. The SMILES string of the molecule is C=C(C#N)C(=O)NCCCC[C@H](NC(=O)[C@H](C)NC(=O)C(C)C)C(=O)N[C@@H](CC(C)C)B(O)O. The molecule has 3 atom stereocenters. The Morgan fingerprint density at radius 3 is 2.06 bits per heavy atom. The van der Waals surface area contributed by atoms with Gasteiger partial charge in [-0.05, 0) is 38.5 Å². The molecule has 12 heteroatoms. The van der Waals surface area contributed by atoms with Crippen molar-refractivity contribution in [2.75, 3.05) is 6.54 Å². The predicted octanol–water partition coefficient (Wildman–Crippen LogP) is -0.459. The molecule has 190 valence electrons. The van der Waals surface area contributed by atoms with Gasteiger partial charge in [-0.2, -0.15) is 5.26 Å². The summed E-state index contributed by atoms with van der Waals surface area (Å²) in [6, 6.07) is -0.220. The van der Waals surface area contributed by atoms with Gasteiger partial charge in [-0.1, -0.05) is 34.3 Å². The minimum absolute atomic E-state index is 0.0817. The monoisotopic (exact) mass is 479 g/mol. The van der Waals surface area contributed by atoms with Crippen molar-refractivity contribution in [3.8, 4) is 6.07 Å². The summed E-state index contributed by atoms with van der Waals surface area (Å²) in [7, 11) is -1.77. The second-order valence-corrected chi connectivity index (χ2v) is 8.95. The number of unbranched alkanes of at least 4 members (excludes halogenated alkanes) is 1. The largest absolute Gasteiger partial charge is 0.475 e. The number of nitrogens with zero attached hydrogens (tertiary/aromatic N) is 1. The maximum absolute atomic E-state index is 12.9. The van der Waals surface area contributed by atoms with Crippen LogP contribution in [-0.4, -0.2) is 65.4 Å². The first kappa shape index (κ1) is 31.1. The Bertz CT molecular complexity index is 765. The Morgan fingerprint density at radius 1 is 0.941 bits per heavy atom. The molecule has 0 saturated carbocycles. The molecule has 0 heterocycles. The molecule has 0 spiro atoms. The van der Waals surface area contributed by atoms with Gasteiger partial charge in [0.15, 0.2) is 0 Å². The smallest absolute Gasteiger partial charge is 0.426 e. The van der Waals surface area contributed by atoms with Crippen molar-refractivity contribution in [3.63, 3.8) is 0 Å². The average molecular weight is 479 g/mol. The average Bonchev–Trinajstić information content (AvgIpc) is 2.75. The molecule has 0 aromatic carbocycles. The van der Waals surface area contributed by atoms with E-state index in [4.69, 9.17) is 5.26 Å². The number of amides is 4. The Balaban J connectivity index is 5.16. The van der Waals surface area contributed by atoms with E-state index in [2.05, 4.69) is 27.8 Å². The zero-order valence-corrected chi connectivity index (χ0v) is 20.7. The summed E-state index contributed by atoms with van der Waals surface area (Å²) in [5, 5.41) is 38.2. The maximum atomic E-state index is 12.9. The third-order valence-corrected chi connectivity index (χ3v) is 4.94. The van der Waals surface area contributed by atoms with Crippen LogP contribution in [0.2, 0.25) is 0 Å². The van der Waals surface area contributed by atoms with E-state index in [1.807, 2.05) is 13.8 Å². The fraction of sp³-hybridized carbons (Fsp3) is 0.682. The Kier molecular flexibility index (Phi) is 14.5. The van der Waals surface area contributed by atoms with Gasteiger partial charge in [-0.15, -0.1) is 0 Å². The van der Waals surface area contributed by atoms with Crippen molar-refractivity contribution in [2.45, 2.75) is 78.3 Å². The molecule has 34 heavy (non-hydrogen) atoms. The third-order valence-electron chi connectivity index (χ3n) is 4.94. The van der Waals surface area contributed by atoms with Gasteiger partial charge < -0.3 is 31.3 Å². The summed E-state index contributed by atoms with van der Waals surface area (Å²) in [6.07, 6.45) is 1.41. The molecule has 0 aromatic heterocycles. The predicted molar refractivity (Wildman–Crippen MR) is 128 cm³/mol. The fourth-order valence-electron chi connectivity index (χ4n) is 2.89. The Hall–Kier alpha value is -2.91. The topological polar surface area (TPSA) is 181 Å². The van der Waals surface area contributed by atoms with Crippen LogP contribution in [0.3, 0.4) is 0 Å². The lowest BCUT2D eigenvalue weighted by molar-refractivity contribution is -0.132. The van der Waals surface area contributed by atoms with Crippen LogP contribution in [0.4, 0.5) is 0 Å². The van der Waals surface area contributed by atoms with E-state index in [0.29, 0.717) is 19.3 Å². The quantitative estimate of drug-likeness (QED) is 0.0795.